The lowest BCUT2D eigenvalue weighted by molar-refractivity contribution is -0.906. The molecule has 0 saturated carbocycles. The summed E-state index contributed by atoms with van der Waals surface area (Å²) >= 11 is 0. The van der Waals surface area contributed by atoms with Crippen LogP contribution in [0.25, 0.3) is 0 Å². The standard InChI is InChI=1S/C17H30N2O/c1-16(2)14-17(9-13-20-16)8-7-12-19(15-17)11-6-5-10-18(3)4/h7-15H2,1-4H3/p+2/t17-/m1/s1. The molecule has 0 radical (unpaired) electrons. The normalized spacial score (nSPS) is 33.0. The average Bonchev–Trinajstić information content (AvgIpc) is 2.33. The smallest absolute Gasteiger partial charge is 0.139 e. The second kappa shape index (κ2) is 6.47. The van der Waals surface area contributed by atoms with Gasteiger partial charge in [-0.3, -0.25) is 0 Å². The Hall–Kier alpha value is -0.560. The molecule has 114 valence electrons. The Bertz CT molecular complexity index is 376. The molecule has 2 N–H and O–H groups in total. The zero-order valence-electron chi connectivity index (χ0n) is 13.8. The van der Waals surface area contributed by atoms with E-state index in [1.807, 2.05) is 0 Å². The van der Waals surface area contributed by atoms with Gasteiger partial charge in [-0.25, -0.2) is 0 Å². The summed E-state index contributed by atoms with van der Waals surface area (Å²) in [7, 11) is 4.31. The van der Waals surface area contributed by atoms with Gasteiger partial charge in [0.1, 0.15) is 13.1 Å². The molecule has 2 saturated heterocycles. The maximum atomic E-state index is 5.91. The Morgan fingerprint density at radius 3 is 2.70 bits per heavy atom. The second-order valence-corrected chi connectivity index (χ2v) is 7.73. The van der Waals surface area contributed by atoms with E-state index in [0.29, 0.717) is 5.41 Å². The molecule has 20 heavy (non-hydrogen) atoms. The largest absolute Gasteiger partial charge is 0.376 e. The summed E-state index contributed by atoms with van der Waals surface area (Å²) in [4.78, 5) is 3.10. The van der Waals surface area contributed by atoms with Crippen molar-refractivity contribution in [3.8, 4) is 11.8 Å². The van der Waals surface area contributed by atoms with Crippen molar-refractivity contribution in [2.24, 2.45) is 5.41 Å². The topological polar surface area (TPSA) is 18.1 Å². The quantitative estimate of drug-likeness (QED) is 0.646. The van der Waals surface area contributed by atoms with Gasteiger partial charge in [0.15, 0.2) is 0 Å². The van der Waals surface area contributed by atoms with Crippen molar-refractivity contribution in [3.63, 3.8) is 0 Å². The minimum atomic E-state index is 0.0701. The van der Waals surface area contributed by atoms with Gasteiger partial charge in [0.25, 0.3) is 0 Å². The van der Waals surface area contributed by atoms with Gasteiger partial charge < -0.3 is 14.5 Å². The van der Waals surface area contributed by atoms with Crippen molar-refractivity contribution in [3.05, 3.63) is 0 Å². The van der Waals surface area contributed by atoms with E-state index in [0.717, 1.165) is 19.7 Å². The van der Waals surface area contributed by atoms with Gasteiger partial charge in [-0.05, 0) is 51.4 Å². The molecule has 0 aromatic rings. The van der Waals surface area contributed by atoms with Crippen LogP contribution in [0, 0.1) is 17.3 Å². The first-order valence-corrected chi connectivity index (χ1v) is 8.13. The van der Waals surface area contributed by atoms with Gasteiger partial charge in [0.2, 0.25) is 0 Å². The number of quaternary nitrogens is 2. The lowest BCUT2D eigenvalue weighted by atomic mass is 9.69. The van der Waals surface area contributed by atoms with E-state index < -0.39 is 0 Å². The fourth-order valence-electron chi connectivity index (χ4n) is 3.95. The SMILES string of the molecule is C[NH+](C)CC#CC[NH+]1CCC[C@]2(CCOC(C)(C)C2)C1. The molecule has 3 nitrogen and oxygen atoms in total. The van der Waals surface area contributed by atoms with Crippen LogP contribution in [0.15, 0.2) is 0 Å². The van der Waals surface area contributed by atoms with Crippen LogP contribution in [-0.4, -0.2) is 52.5 Å². The van der Waals surface area contributed by atoms with Gasteiger partial charge in [0.05, 0.1) is 32.8 Å². The number of hydrogen-bond acceptors (Lipinski definition) is 1. The summed E-state index contributed by atoms with van der Waals surface area (Å²) in [6.45, 7) is 10.0. The molecule has 2 atom stereocenters. The molecule has 1 spiro atoms. The van der Waals surface area contributed by atoms with Crippen molar-refractivity contribution in [1.29, 1.82) is 0 Å². The zero-order chi connectivity index (χ0) is 14.6. The van der Waals surface area contributed by atoms with Crippen LogP contribution in [0.1, 0.15) is 39.5 Å². The first-order chi connectivity index (χ1) is 9.41. The predicted molar refractivity (Wildman–Crippen MR) is 81.9 cm³/mol. The summed E-state index contributed by atoms with van der Waals surface area (Å²) in [5.41, 5.74) is 0.588. The lowest BCUT2D eigenvalue weighted by Crippen LogP contribution is -3.14. The lowest BCUT2D eigenvalue weighted by Gasteiger charge is -2.47. The van der Waals surface area contributed by atoms with Gasteiger partial charge in [-0.15, -0.1) is 0 Å². The molecule has 2 rings (SSSR count). The summed E-state index contributed by atoms with van der Waals surface area (Å²) < 4.78 is 5.91. The molecule has 3 heteroatoms. The molecule has 0 bridgehead atoms. The Kier molecular flexibility index (Phi) is 5.12. The van der Waals surface area contributed by atoms with E-state index in [1.165, 1.54) is 43.7 Å². The Morgan fingerprint density at radius 1 is 1.20 bits per heavy atom. The van der Waals surface area contributed by atoms with Crippen LogP contribution in [0.4, 0.5) is 0 Å². The molecule has 0 aromatic carbocycles. The minimum Gasteiger partial charge on any atom is -0.376 e. The van der Waals surface area contributed by atoms with Crippen LogP contribution in [-0.2, 0) is 4.74 Å². The number of hydrogen-bond donors (Lipinski definition) is 2. The third kappa shape index (κ3) is 4.48. The van der Waals surface area contributed by atoms with E-state index >= 15 is 0 Å². The molecule has 1 unspecified atom stereocenters. The van der Waals surface area contributed by atoms with Gasteiger partial charge in [-0.2, -0.15) is 0 Å². The van der Waals surface area contributed by atoms with Gasteiger partial charge >= 0.3 is 0 Å². The van der Waals surface area contributed by atoms with E-state index in [2.05, 4.69) is 39.8 Å². The van der Waals surface area contributed by atoms with Crippen molar-refractivity contribution >= 4 is 0 Å². The predicted octanol–water partition coefficient (Wildman–Crippen LogP) is -0.612. The van der Waals surface area contributed by atoms with Crippen molar-refractivity contribution in [2.45, 2.75) is 45.1 Å². The van der Waals surface area contributed by atoms with Crippen LogP contribution in [0.2, 0.25) is 0 Å². The van der Waals surface area contributed by atoms with E-state index in [9.17, 15) is 0 Å². The summed E-state index contributed by atoms with van der Waals surface area (Å²) in [6, 6.07) is 0. The van der Waals surface area contributed by atoms with Crippen molar-refractivity contribution in [1.82, 2.24) is 0 Å². The van der Waals surface area contributed by atoms with E-state index in [-0.39, 0.29) is 5.60 Å². The third-order valence-corrected chi connectivity index (χ3v) is 4.69. The first kappa shape index (κ1) is 15.8. The maximum Gasteiger partial charge on any atom is 0.139 e. The minimum absolute atomic E-state index is 0.0701. The van der Waals surface area contributed by atoms with Crippen LogP contribution in [0.3, 0.4) is 0 Å². The molecule has 2 fully saturated rings. The number of nitrogens with one attached hydrogen (secondary N) is 2. The molecule has 2 aliphatic heterocycles. The fourth-order valence-corrected chi connectivity index (χ4v) is 3.95. The third-order valence-electron chi connectivity index (χ3n) is 4.69. The number of piperidine rings is 1. The van der Waals surface area contributed by atoms with Crippen LogP contribution in [0.5, 0.6) is 0 Å². The number of rotatable bonds is 2. The highest BCUT2D eigenvalue weighted by molar-refractivity contribution is 4.99. The highest BCUT2D eigenvalue weighted by Gasteiger charge is 2.45. The van der Waals surface area contributed by atoms with Gasteiger partial charge in [-0.1, -0.05) is 0 Å². The molecule has 0 amide bonds. The maximum absolute atomic E-state index is 5.91. The van der Waals surface area contributed by atoms with Crippen molar-refractivity contribution < 1.29 is 14.5 Å². The highest BCUT2D eigenvalue weighted by Crippen LogP contribution is 2.42. The van der Waals surface area contributed by atoms with E-state index in [1.54, 1.807) is 4.90 Å². The van der Waals surface area contributed by atoms with Crippen LogP contribution < -0.4 is 9.80 Å². The van der Waals surface area contributed by atoms with E-state index in [4.69, 9.17) is 4.74 Å². The molecule has 0 aromatic heterocycles. The molecule has 2 aliphatic rings. The second-order valence-electron chi connectivity index (χ2n) is 7.73. The Labute approximate surface area is 124 Å². The molecule has 0 aliphatic carbocycles. The monoisotopic (exact) mass is 280 g/mol. The van der Waals surface area contributed by atoms with Crippen LogP contribution >= 0.6 is 0 Å². The highest BCUT2D eigenvalue weighted by atomic mass is 16.5. The van der Waals surface area contributed by atoms with Crippen molar-refractivity contribution in [2.75, 3.05) is 46.9 Å². The fraction of sp³-hybridized carbons (Fsp3) is 0.882. The zero-order valence-corrected chi connectivity index (χ0v) is 13.8. The molecule has 2 heterocycles. The number of ether oxygens (including phenoxy) is 1. The van der Waals surface area contributed by atoms with Gasteiger partial charge in [0, 0.05) is 12.0 Å². The molecular formula is C17H32N2O+2. The average molecular weight is 280 g/mol. The summed E-state index contributed by atoms with van der Waals surface area (Å²) in [6.07, 6.45) is 5.21. The Balaban J connectivity index is 1.89. The molecular weight excluding hydrogens is 248 g/mol. The first-order valence-electron chi connectivity index (χ1n) is 8.13. The summed E-state index contributed by atoms with van der Waals surface area (Å²) in [5, 5.41) is 0. The Morgan fingerprint density at radius 2 is 2.00 bits per heavy atom. The summed E-state index contributed by atoms with van der Waals surface area (Å²) in [5.74, 6) is 6.70. The number of likely N-dealkylation sites (tertiary alicyclic amines) is 1.